The third-order valence-electron chi connectivity index (χ3n) is 6.87. The minimum absolute atomic E-state index is 0.0503. The summed E-state index contributed by atoms with van der Waals surface area (Å²) < 4.78 is 55.0. The molecule has 1 fully saturated rings. The van der Waals surface area contributed by atoms with E-state index in [4.69, 9.17) is 9.47 Å². The number of amides is 1. The number of carbonyl (C=O) groups excluding carboxylic acids is 1. The molecule has 1 aromatic carbocycles. The second kappa shape index (κ2) is 10.7. The first-order valence-electron chi connectivity index (χ1n) is 13.4. The Bertz CT molecular complexity index is 1770. The summed E-state index contributed by atoms with van der Waals surface area (Å²) in [6.45, 7) is 7.61. The lowest BCUT2D eigenvalue weighted by Gasteiger charge is -2.33. The summed E-state index contributed by atoms with van der Waals surface area (Å²) in [7, 11) is 0. The molecular formula is C29H29F3N6O4. The van der Waals surface area contributed by atoms with Gasteiger partial charge in [0.05, 0.1) is 27.7 Å². The highest BCUT2D eigenvalue weighted by Crippen LogP contribution is 2.39. The van der Waals surface area contributed by atoms with Crippen molar-refractivity contribution in [3.8, 4) is 11.8 Å². The van der Waals surface area contributed by atoms with Crippen molar-refractivity contribution in [3.63, 3.8) is 0 Å². The van der Waals surface area contributed by atoms with Crippen LogP contribution >= 0.6 is 0 Å². The third-order valence-corrected chi connectivity index (χ3v) is 6.87. The molecule has 10 nitrogen and oxygen atoms in total. The number of halogens is 3. The summed E-state index contributed by atoms with van der Waals surface area (Å²) in [6.07, 6.45) is -1.76. The van der Waals surface area contributed by atoms with Crippen LogP contribution in [-0.2, 0) is 17.3 Å². The lowest BCUT2D eigenvalue weighted by Crippen LogP contribution is -2.44. The number of ether oxygens (including phenoxy) is 2. The molecule has 0 atom stereocenters. The molecule has 3 aromatic heterocycles. The molecule has 4 aromatic rings. The molecule has 4 heterocycles. The maximum atomic E-state index is 14.0. The second-order valence-electron chi connectivity index (χ2n) is 11.3. The summed E-state index contributed by atoms with van der Waals surface area (Å²) in [6, 6.07) is 5.78. The van der Waals surface area contributed by atoms with Gasteiger partial charge in [0.25, 0.3) is 5.56 Å². The van der Waals surface area contributed by atoms with Crippen LogP contribution in [0.5, 0.6) is 5.75 Å². The molecule has 13 heteroatoms. The molecule has 5 rings (SSSR count). The van der Waals surface area contributed by atoms with Gasteiger partial charge in [0.1, 0.15) is 35.0 Å². The van der Waals surface area contributed by atoms with Gasteiger partial charge in [-0.2, -0.15) is 18.4 Å². The normalized spacial score (nSPS) is 14.8. The molecule has 0 spiro atoms. The minimum Gasteiger partial charge on any atom is -0.490 e. The van der Waals surface area contributed by atoms with E-state index in [0.29, 0.717) is 29.7 Å². The molecule has 0 saturated carbocycles. The van der Waals surface area contributed by atoms with Crippen molar-refractivity contribution in [2.24, 2.45) is 0 Å². The highest BCUT2D eigenvalue weighted by Gasteiger charge is 2.37. The van der Waals surface area contributed by atoms with Crippen LogP contribution in [0, 0.1) is 18.3 Å². The van der Waals surface area contributed by atoms with Gasteiger partial charge in [0.2, 0.25) is 0 Å². The van der Waals surface area contributed by atoms with Crippen molar-refractivity contribution in [1.29, 1.82) is 5.26 Å². The summed E-state index contributed by atoms with van der Waals surface area (Å²) >= 11 is 0. The maximum absolute atomic E-state index is 14.0. The number of aromatic nitrogens is 4. The van der Waals surface area contributed by atoms with Gasteiger partial charge in [0.15, 0.2) is 0 Å². The van der Waals surface area contributed by atoms with Crippen LogP contribution in [0.25, 0.3) is 16.6 Å². The Hall–Kier alpha value is -4.60. The number of nitrogens with one attached hydrogen (secondary N) is 1. The van der Waals surface area contributed by atoms with Crippen LogP contribution in [0.1, 0.15) is 61.8 Å². The molecule has 220 valence electrons. The number of imidazole rings is 1. The van der Waals surface area contributed by atoms with E-state index in [1.165, 1.54) is 4.90 Å². The molecular weight excluding hydrogens is 553 g/mol. The van der Waals surface area contributed by atoms with Crippen molar-refractivity contribution in [2.45, 2.75) is 64.8 Å². The zero-order valence-corrected chi connectivity index (χ0v) is 23.5. The van der Waals surface area contributed by atoms with Crippen LogP contribution < -0.4 is 10.3 Å². The van der Waals surface area contributed by atoms with Gasteiger partial charge in [-0.25, -0.2) is 14.8 Å². The number of aryl methyl sites for hydroxylation is 1. The van der Waals surface area contributed by atoms with Gasteiger partial charge in [0, 0.05) is 50.8 Å². The molecule has 1 aliphatic rings. The fourth-order valence-electron chi connectivity index (χ4n) is 4.84. The Morgan fingerprint density at radius 1 is 1.14 bits per heavy atom. The Morgan fingerprint density at radius 3 is 2.50 bits per heavy atom. The number of aromatic amines is 1. The number of rotatable bonds is 4. The van der Waals surface area contributed by atoms with Crippen LogP contribution in [0.2, 0.25) is 0 Å². The van der Waals surface area contributed by atoms with E-state index in [9.17, 15) is 28.0 Å². The summed E-state index contributed by atoms with van der Waals surface area (Å²) in [5.41, 5.74) is 0.00794. The third kappa shape index (κ3) is 6.17. The number of fused-ring (bicyclic) bond motifs is 2. The molecule has 0 radical (unpaired) electrons. The fourth-order valence-corrected chi connectivity index (χ4v) is 4.84. The van der Waals surface area contributed by atoms with E-state index >= 15 is 0 Å². The number of piperidine rings is 1. The first-order valence-corrected chi connectivity index (χ1v) is 13.4. The molecule has 42 heavy (non-hydrogen) atoms. The number of nitrogens with zero attached hydrogens (tertiary/aromatic N) is 5. The Labute approximate surface area is 238 Å². The standard InChI is InChI=1S/C29H29F3N6O4/c1-16-9-25-34-18(15-38(25)14-17(16)13-33)10-24-35-22-12-23(21(29(30,31)32)11-20(22)26(39)36-24)41-19-5-7-37(8-6-19)27(40)42-28(2,3)4/h9,11-12,14-15,19H,5-8,10H2,1-4H3,(H,35,36,39). The maximum Gasteiger partial charge on any atom is 0.419 e. The molecule has 0 aliphatic carbocycles. The number of alkyl halides is 3. The first kappa shape index (κ1) is 28.9. The molecule has 0 unspecified atom stereocenters. The Balaban J connectivity index is 1.41. The Kier molecular flexibility index (Phi) is 7.34. The number of benzene rings is 1. The van der Waals surface area contributed by atoms with Crippen LogP contribution in [0.4, 0.5) is 18.0 Å². The zero-order valence-electron chi connectivity index (χ0n) is 23.5. The number of hydrogen-bond acceptors (Lipinski definition) is 7. The summed E-state index contributed by atoms with van der Waals surface area (Å²) in [4.78, 5) is 38.2. The number of pyridine rings is 1. The summed E-state index contributed by atoms with van der Waals surface area (Å²) in [5.74, 6) is -0.216. The Morgan fingerprint density at radius 2 is 1.86 bits per heavy atom. The average Bonchev–Trinajstić information content (AvgIpc) is 3.27. The van der Waals surface area contributed by atoms with Crippen LogP contribution in [-0.4, -0.2) is 55.1 Å². The topological polar surface area (TPSA) is 126 Å². The number of likely N-dealkylation sites (tertiary alicyclic amines) is 1. The van der Waals surface area contributed by atoms with Crippen molar-refractivity contribution in [2.75, 3.05) is 13.1 Å². The second-order valence-corrected chi connectivity index (χ2v) is 11.3. The smallest absolute Gasteiger partial charge is 0.419 e. The monoisotopic (exact) mass is 582 g/mol. The lowest BCUT2D eigenvalue weighted by atomic mass is 10.1. The van der Waals surface area contributed by atoms with Gasteiger partial charge in [-0.3, -0.25) is 4.79 Å². The number of hydrogen-bond donors (Lipinski definition) is 1. The van der Waals surface area contributed by atoms with E-state index in [1.807, 2.05) is 0 Å². The quantitative estimate of drug-likeness (QED) is 0.353. The fraction of sp³-hybridized carbons (Fsp3) is 0.414. The molecule has 1 aliphatic heterocycles. The van der Waals surface area contributed by atoms with E-state index in [1.54, 1.807) is 50.6 Å². The van der Waals surface area contributed by atoms with E-state index < -0.39 is 40.8 Å². The number of H-pyrrole nitrogens is 1. The van der Waals surface area contributed by atoms with E-state index in [2.05, 4.69) is 21.0 Å². The van der Waals surface area contributed by atoms with Crippen LogP contribution in [0.3, 0.4) is 0 Å². The first-order chi connectivity index (χ1) is 19.7. The number of nitriles is 1. The molecule has 1 N–H and O–H groups in total. The summed E-state index contributed by atoms with van der Waals surface area (Å²) in [5, 5.41) is 9.06. The molecule has 0 bridgehead atoms. The van der Waals surface area contributed by atoms with Crippen molar-refractivity contribution in [3.05, 3.63) is 69.2 Å². The molecule has 1 saturated heterocycles. The predicted molar refractivity (Wildman–Crippen MR) is 146 cm³/mol. The SMILES string of the molecule is Cc1cc2nc(Cc3nc4cc(OC5CCN(C(=O)OC(C)(C)C)CC5)c(C(F)(F)F)cc4c(=O)[nH]3)cn2cc1C#N. The van der Waals surface area contributed by atoms with Gasteiger partial charge in [-0.05, 0) is 45.4 Å². The minimum atomic E-state index is -4.77. The lowest BCUT2D eigenvalue weighted by molar-refractivity contribution is -0.139. The average molecular weight is 583 g/mol. The van der Waals surface area contributed by atoms with Crippen molar-refractivity contribution < 1.29 is 27.4 Å². The van der Waals surface area contributed by atoms with Gasteiger partial charge < -0.3 is 23.8 Å². The van der Waals surface area contributed by atoms with Gasteiger partial charge in [-0.1, -0.05) is 0 Å². The predicted octanol–water partition coefficient (Wildman–Crippen LogP) is 5.14. The van der Waals surface area contributed by atoms with E-state index in [0.717, 1.165) is 17.7 Å². The zero-order chi connectivity index (χ0) is 30.4. The molecule has 1 amide bonds. The van der Waals surface area contributed by atoms with E-state index in [-0.39, 0.29) is 36.2 Å². The van der Waals surface area contributed by atoms with Crippen LogP contribution in [0.15, 0.2) is 35.4 Å². The largest absolute Gasteiger partial charge is 0.490 e. The number of carbonyl (C=O) groups is 1. The highest BCUT2D eigenvalue weighted by molar-refractivity contribution is 5.81. The van der Waals surface area contributed by atoms with Crippen molar-refractivity contribution in [1.82, 2.24) is 24.3 Å². The highest BCUT2D eigenvalue weighted by atomic mass is 19.4. The van der Waals surface area contributed by atoms with Gasteiger partial charge >= 0.3 is 12.3 Å². The van der Waals surface area contributed by atoms with Gasteiger partial charge in [-0.15, -0.1) is 0 Å². The van der Waals surface area contributed by atoms with Crippen molar-refractivity contribution >= 4 is 22.6 Å².